The number of ether oxygens (including phenoxy) is 1. The van der Waals surface area contributed by atoms with E-state index in [9.17, 15) is 9.59 Å². The van der Waals surface area contributed by atoms with Crippen molar-refractivity contribution >= 4 is 62.1 Å². The molecule has 0 radical (unpaired) electrons. The van der Waals surface area contributed by atoms with Crippen LogP contribution in [0.25, 0.3) is 10.1 Å². The highest BCUT2D eigenvalue weighted by Gasteiger charge is 2.16. The van der Waals surface area contributed by atoms with Crippen LogP contribution in [0.4, 0.5) is 33.5 Å². The fourth-order valence-electron chi connectivity index (χ4n) is 4.64. The first-order valence-electron chi connectivity index (χ1n) is 14.8. The summed E-state index contributed by atoms with van der Waals surface area (Å²) in [4.78, 5) is 39.1. The molecule has 3 amide bonds. The van der Waals surface area contributed by atoms with E-state index in [1.807, 2.05) is 73.7 Å². The molecule has 2 heterocycles. The summed E-state index contributed by atoms with van der Waals surface area (Å²) >= 11 is 1.44. The van der Waals surface area contributed by atoms with Gasteiger partial charge in [-0.25, -0.2) is 14.8 Å². The minimum atomic E-state index is -0.387. The number of urea groups is 1. The van der Waals surface area contributed by atoms with Crippen LogP contribution in [0.2, 0.25) is 0 Å². The van der Waals surface area contributed by atoms with Crippen molar-refractivity contribution in [1.29, 1.82) is 0 Å². The molecule has 5 rings (SSSR count). The lowest BCUT2D eigenvalue weighted by Gasteiger charge is -2.19. The van der Waals surface area contributed by atoms with Crippen molar-refractivity contribution in [3.8, 4) is 5.75 Å². The number of fused-ring (bicyclic) bond motifs is 1. The molecule has 3 aromatic carbocycles. The summed E-state index contributed by atoms with van der Waals surface area (Å²) in [5.74, 6) is 1.55. The molecule has 5 aromatic rings. The summed E-state index contributed by atoms with van der Waals surface area (Å²) in [6, 6.07) is 24.1. The number of benzene rings is 3. The van der Waals surface area contributed by atoms with E-state index in [-0.39, 0.29) is 11.9 Å². The third kappa shape index (κ3) is 8.14. The third-order valence-electron chi connectivity index (χ3n) is 7.38. The smallest absolute Gasteiger partial charge is 0.327 e. The number of aromatic nitrogens is 2. The number of aryl methyl sites for hydroxylation is 1. The summed E-state index contributed by atoms with van der Waals surface area (Å²) in [7, 11) is 1.63. The highest BCUT2D eigenvalue weighted by Crippen LogP contribution is 2.27. The Morgan fingerprint density at radius 3 is 2.40 bits per heavy atom. The van der Waals surface area contributed by atoms with Crippen molar-refractivity contribution in [2.75, 3.05) is 54.1 Å². The summed E-state index contributed by atoms with van der Waals surface area (Å²) in [5, 5.41) is 10.2. The predicted octanol–water partition coefficient (Wildman–Crippen LogP) is 7.38. The van der Waals surface area contributed by atoms with Gasteiger partial charge in [-0.1, -0.05) is 38.1 Å². The number of nitrogens with one attached hydrogen (secondary N) is 3. The quantitative estimate of drug-likeness (QED) is 0.133. The van der Waals surface area contributed by atoms with Crippen molar-refractivity contribution in [2.45, 2.75) is 20.8 Å². The fourth-order valence-corrected chi connectivity index (χ4v) is 5.60. The Balaban J connectivity index is 1.19. The Labute approximate surface area is 267 Å². The number of thiophene rings is 1. The molecule has 0 spiro atoms. The van der Waals surface area contributed by atoms with Crippen LogP contribution in [0, 0.1) is 6.92 Å². The summed E-state index contributed by atoms with van der Waals surface area (Å²) < 4.78 is 6.92. The molecule has 0 saturated heterocycles. The molecule has 0 aliphatic heterocycles. The van der Waals surface area contributed by atoms with Crippen molar-refractivity contribution in [2.24, 2.45) is 0 Å². The second-order valence-electron chi connectivity index (χ2n) is 10.4. The Morgan fingerprint density at radius 2 is 1.64 bits per heavy atom. The number of likely N-dealkylation sites (N-methyl/N-ethyl adjacent to an activating group) is 1. The van der Waals surface area contributed by atoms with Gasteiger partial charge >= 0.3 is 6.03 Å². The first-order chi connectivity index (χ1) is 21.8. The van der Waals surface area contributed by atoms with E-state index in [1.54, 1.807) is 19.2 Å². The van der Waals surface area contributed by atoms with E-state index in [4.69, 9.17) is 4.74 Å². The van der Waals surface area contributed by atoms with Gasteiger partial charge in [0, 0.05) is 41.4 Å². The SMILES string of the molecule is CCN(CC)CCOc1ccc(Nc2cc(N(C)C(=O)Nc3cc(NC(=O)c4cc5ccccc5s4)ccc3C)ncn2)cc1. The van der Waals surface area contributed by atoms with Gasteiger partial charge < -0.3 is 25.6 Å². The van der Waals surface area contributed by atoms with Gasteiger partial charge in [-0.15, -0.1) is 11.3 Å². The first-order valence-corrected chi connectivity index (χ1v) is 15.6. The van der Waals surface area contributed by atoms with Gasteiger partial charge in [-0.05, 0) is 79.5 Å². The molecule has 10 nitrogen and oxygen atoms in total. The number of carbonyl (C=O) groups is 2. The zero-order valence-electron chi connectivity index (χ0n) is 25.8. The van der Waals surface area contributed by atoms with Crippen LogP contribution in [-0.4, -0.2) is 60.1 Å². The van der Waals surface area contributed by atoms with Crippen LogP contribution in [0.1, 0.15) is 29.1 Å². The van der Waals surface area contributed by atoms with Gasteiger partial charge in [0.15, 0.2) is 0 Å². The van der Waals surface area contributed by atoms with Crippen molar-refractivity contribution in [3.05, 3.63) is 95.6 Å². The van der Waals surface area contributed by atoms with Crippen molar-refractivity contribution in [1.82, 2.24) is 14.9 Å². The Morgan fingerprint density at radius 1 is 0.889 bits per heavy atom. The molecular weight excluding hydrogens is 586 g/mol. The number of hydrogen-bond donors (Lipinski definition) is 3. The molecular formula is C34H37N7O3S. The predicted molar refractivity (Wildman–Crippen MR) is 183 cm³/mol. The maximum atomic E-state index is 13.2. The second kappa shape index (κ2) is 14.7. The summed E-state index contributed by atoms with van der Waals surface area (Å²) in [6.07, 6.45) is 1.40. The van der Waals surface area contributed by atoms with Gasteiger partial charge in [0.1, 0.15) is 30.3 Å². The summed E-state index contributed by atoms with van der Waals surface area (Å²) in [5.41, 5.74) is 2.83. The van der Waals surface area contributed by atoms with Crippen LogP contribution < -0.4 is 25.6 Å². The molecule has 0 fully saturated rings. The first kappa shape index (κ1) is 31.4. The molecule has 0 saturated carbocycles. The molecule has 2 aromatic heterocycles. The van der Waals surface area contributed by atoms with Gasteiger partial charge in [0.2, 0.25) is 0 Å². The lowest BCUT2D eigenvalue weighted by Crippen LogP contribution is -2.32. The zero-order chi connectivity index (χ0) is 31.8. The Bertz CT molecular complexity index is 1740. The van der Waals surface area contributed by atoms with Crippen molar-refractivity contribution < 1.29 is 14.3 Å². The molecule has 11 heteroatoms. The largest absolute Gasteiger partial charge is 0.492 e. The normalized spacial score (nSPS) is 11.0. The van der Waals surface area contributed by atoms with E-state index in [0.29, 0.717) is 34.5 Å². The van der Waals surface area contributed by atoms with E-state index in [0.717, 1.165) is 46.7 Å². The average molecular weight is 624 g/mol. The highest BCUT2D eigenvalue weighted by molar-refractivity contribution is 7.20. The molecule has 0 aliphatic rings. The van der Waals surface area contributed by atoms with E-state index in [2.05, 4.69) is 44.7 Å². The lowest BCUT2D eigenvalue weighted by molar-refractivity contribution is 0.103. The van der Waals surface area contributed by atoms with Gasteiger partial charge in [0.25, 0.3) is 5.91 Å². The minimum absolute atomic E-state index is 0.201. The molecule has 0 atom stereocenters. The number of rotatable bonds is 12. The van der Waals surface area contributed by atoms with Crippen LogP contribution in [0.15, 0.2) is 85.2 Å². The monoisotopic (exact) mass is 623 g/mol. The van der Waals surface area contributed by atoms with E-state index < -0.39 is 0 Å². The molecule has 45 heavy (non-hydrogen) atoms. The van der Waals surface area contributed by atoms with E-state index >= 15 is 0 Å². The molecule has 0 aliphatic carbocycles. The van der Waals surface area contributed by atoms with Crippen LogP contribution in [0.3, 0.4) is 0 Å². The van der Waals surface area contributed by atoms with Gasteiger partial charge in [-0.3, -0.25) is 9.69 Å². The summed E-state index contributed by atoms with van der Waals surface area (Å²) in [6.45, 7) is 9.69. The average Bonchev–Trinajstić information content (AvgIpc) is 3.50. The number of hydrogen-bond acceptors (Lipinski definition) is 8. The van der Waals surface area contributed by atoms with Gasteiger partial charge in [0.05, 0.1) is 4.88 Å². The number of nitrogens with zero attached hydrogens (tertiary/aromatic N) is 4. The fraction of sp³-hybridized carbons (Fsp3) is 0.235. The minimum Gasteiger partial charge on any atom is -0.492 e. The molecule has 232 valence electrons. The maximum absolute atomic E-state index is 13.2. The van der Waals surface area contributed by atoms with Crippen LogP contribution >= 0.6 is 11.3 Å². The highest BCUT2D eigenvalue weighted by atomic mass is 32.1. The Kier molecular flexibility index (Phi) is 10.2. The number of carbonyl (C=O) groups excluding carboxylic acids is 2. The number of anilines is 5. The van der Waals surface area contributed by atoms with Crippen molar-refractivity contribution in [3.63, 3.8) is 0 Å². The second-order valence-corrected chi connectivity index (χ2v) is 11.5. The van der Waals surface area contributed by atoms with Crippen LogP contribution in [0.5, 0.6) is 5.75 Å². The standard InChI is InChI=1S/C34H37N7O3S/c1-5-41(6-2)17-18-44-27-15-13-25(14-16-27)37-31-21-32(36-22-35-31)40(4)34(43)39-28-20-26(12-11-23(28)3)38-33(42)30-19-24-9-7-8-10-29(24)45-30/h7-16,19-22H,5-6,17-18H2,1-4H3,(H,38,42)(H,39,43)(H,35,36,37). The Hall–Kier alpha value is -5.00. The molecule has 0 unspecified atom stereocenters. The molecule has 0 bridgehead atoms. The number of amides is 3. The topological polar surface area (TPSA) is 112 Å². The zero-order valence-corrected chi connectivity index (χ0v) is 26.6. The maximum Gasteiger partial charge on any atom is 0.327 e. The molecule has 3 N–H and O–H groups in total. The van der Waals surface area contributed by atoms with Gasteiger partial charge in [-0.2, -0.15) is 0 Å². The van der Waals surface area contributed by atoms with Crippen LogP contribution in [-0.2, 0) is 0 Å². The lowest BCUT2D eigenvalue weighted by atomic mass is 10.1. The third-order valence-corrected chi connectivity index (χ3v) is 8.50. The van der Waals surface area contributed by atoms with E-state index in [1.165, 1.54) is 22.6 Å².